The maximum Gasteiger partial charge on any atom is 0.235 e. The van der Waals surface area contributed by atoms with Gasteiger partial charge >= 0.3 is 0 Å². The zero-order valence-corrected chi connectivity index (χ0v) is 16.5. The van der Waals surface area contributed by atoms with Gasteiger partial charge in [0.15, 0.2) is 0 Å². The normalized spacial score (nSPS) is 11.3. The predicted molar refractivity (Wildman–Crippen MR) is 111 cm³/mol. The molecule has 0 aliphatic heterocycles. The summed E-state index contributed by atoms with van der Waals surface area (Å²) in [4.78, 5) is 2.75. The molecule has 3 aromatic heterocycles. The molecule has 0 bridgehead atoms. The van der Waals surface area contributed by atoms with Crippen molar-refractivity contribution in [3.8, 4) is 33.3 Å². The topological polar surface area (TPSA) is 75.0 Å². The van der Waals surface area contributed by atoms with E-state index < -0.39 is 0 Å². The van der Waals surface area contributed by atoms with Crippen LogP contribution in [0, 0.1) is 5.82 Å². The van der Waals surface area contributed by atoms with Crippen molar-refractivity contribution in [2.75, 3.05) is 19.0 Å². The number of fused-ring (bicyclic) bond motifs is 1. The van der Waals surface area contributed by atoms with Gasteiger partial charge in [0.05, 0.1) is 5.69 Å². The Morgan fingerprint density at radius 3 is 2.41 bits per heavy atom. The Bertz CT molecular complexity index is 1280. The fraction of sp³-hybridized carbons (Fsp3) is 0.100. The molecule has 0 unspecified atom stereocenters. The lowest BCUT2D eigenvalue weighted by Gasteiger charge is -2.11. The smallest absolute Gasteiger partial charge is 0.235 e. The second-order valence-electron chi connectivity index (χ2n) is 6.74. The second kappa shape index (κ2) is 6.78. The van der Waals surface area contributed by atoms with E-state index in [-0.39, 0.29) is 5.82 Å². The van der Waals surface area contributed by atoms with E-state index in [2.05, 4.69) is 42.5 Å². The van der Waals surface area contributed by atoms with Gasteiger partial charge in [-0.25, -0.2) is 4.39 Å². The van der Waals surface area contributed by atoms with Crippen LogP contribution >= 0.6 is 11.3 Å². The van der Waals surface area contributed by atoms with E-state index in [9.17, 15) is 4.39 Å². The first-order valence-corrected chi connectivity index (χ1v) is 9.72. The zero-order valence-electron chi connectivity index (χ0n) is 15.7. The van der Waals surface area contributed by atoms with Gasteiger partial charge in [0, 0.05) is 30.9 Å². The van der Waals surface area contributed by atoms with E-state index in [1.807, 2.05) is 32.3 Å². The highest BCUT2D eigenvalue weighted by atomic mass is 32.1. The Morgan fingerprint density at radius 1 is 0.966 bits per heavy atom. The predicted octanol–water partition coefficient (Wildman–Crippen LogP) is 4.12. The van der Waals surface area contributed by atoms with E-state index in [4.69, 9.17) is 0 Å². The summed E-state index contributed by atoms with van der Waals surface area (Å²) < 4.78 is 14.9. The van der Waals surface area contributed by atoms with Gasteiger partial charge in [-0.2, -0.15) is 14.7 Å². The third-order valence-corrected chi connectivity index (χ3v) is 5.53. The van der Waals surface area contributed by atoms with Crippen molar-refractivity contribution in [1.29, 1.82) is 0 Å². The standard InChI is InChI=1S/C20H16FN7S/c1-27(2)15-9-5-13(6-10-15)19-26-28-18(24-25-20(28)29-19)17-11-16(22-23-17)12-3-7-14(21)8-4-12/h3-11H,1-2H3,(H,22,23). The monoisotopic (exact) mass is 405 g/mol. The van der Waals surface area contributed by atoms with Crippen LogP contribution in [0.3, 0.4) is 0 Å². The molecule has 0 atom stereocenters. The summed E-state index contributed by atoms with van der Waals surface area (Å²) in [6.45, 7) is 0. The molecule has 5 rings (SSSR count). The van der Waals surface area contributed by atoms with Crippen LogP contribution in [0.5, 0.6) is 0 Å². The average Bonchev–Trinajstić information content (AvgIpc) is 3.44. The molecular formula is C20H16FN7S. The van der Waals surface area contributed by atoms with Crippen LogP contribution in [-0.2, 0) is 0 Å². The molecule has 144 valence electrons. The molecule has 2 aromatic carbocycles. The lowest BCUT2D eigenvalue weighted by Crippen LogP contribution is -2.07. The van der Waals surface area contributed by atoms with Gasteiger partial charge in [-0.1, -0.05) is 11.3 Å². The van der Waals surface area contributed by atoms with Crippen molar-refractivity contribution < 1.29 is 4.39 Å². The molecule has 0 fully saturated rings. The summed E-state index contributed by atoms with van der Waals surface area (Å²) in [6, 6.07) is 16.3. The molecule has 0 amide bonds. The molecule has 0 radical (unpaired) electrons. The lowest BCUT2D eigenvalue weighted by atomic mass is 10.1. The third-order valence-electron chi connectivity index (χ3n) is 4.58. The number of halogens is 1. The van der Waals surface area contributed by atoms with Crippen molar-refractivity contribution in [3.05, 3.63) is 60.4 Å². The van der Waals surface area contributed by atoms with Crippen LogP contribution in [0.15, 0.2) is 54.6 Å². The summed E-state index contributed by atoms with van der Waals surface area (Å²) in [6.07, 6.45) is 0. The Labute approximate surface area is 169 Å². The number of benzene rings is 2. The first kappa shape index (κ1) is 17.5. The van der Waals surface area contributed by atoms with Gasteiger partial charge in [-0.15, -0.1) is 10.2 Å². The van der Waals surface area contributed by atoms with E-state index in [1.165, 1.54) is 23.5 Å². The van der Waals surface area contributed by atoms with Crippen molar-refractivity contribution in [2.45, 2.75) is 0 Å². The first-order chi connectivity index (χ1) is 14.1. The number of aromatic nitrogens is 6. The summed E-state index contributed by atoms with van der Waals surface area (Å²) in [5.41, 5.74) is 4.36. The Hall–Kier alpha value is -3.59. The number of nitrogens with one attached hydrogen (secondary N) is 1. The molecule has 29 heavy (non-hydrogen) atoms. The first-order valence-electron chi connectivity index (χ1n) is 8.90. The molecule has 0 aliphatic rings. The summed E-state index contributed by atoms with van der Waals surface area (Å²) in [5, 5.41) is 21.3. The summed E-state index contributed by atoms with van der Waals surface area (Å²) >= 11 is 1.47. The van der Waals surface area contributed by atoms with Gasteiger partial charge in [0.25, 0.3) is 0 Å². The van der Waals surface area contributed by atoms with Gasteiger partial charge in [0.1, 0.15) is 16.5 Å². The zero-order chi connectivity index (χ0) is 20.0. The van der Waals surface area contributed by atoms with Crippen molar-refractivity contribution in [3.63, 3.8) is 0 Å². The molecule has 7 nitrogen and oxygen atoms in total. The van der Waals surface area contributed by atoms with Gasteiger partial charge in [0.2, 0.25) is 10.8 Å². The van der Waals surface area contributed by atoms with Crippen molar-refractivity contribution in [2.24, 2.45) is 0 Å². The maximum absolute atomic E-state index is 13.1. The average molecular weight is 405 g/mol. The highest BCUT2D eigenvalue weighted by Crippen LogP contribution is 2.29. The number of nitrogens with zero attached hydrogens (tertiary/aromatic N) is 6. The molecule has 0 aliphatic carbocycles. The van der Waals surface area contributed by atoms with Crippen LogP contribution in [-0.4, -0.2) is 44.1 Å². The number of hydrogen-bond donors (Lipinski definition) is 1. The summed E-state index contributed by atoms with van der Waals surface area (Å²) in [7, 11) is 4.02. The molecular weight excluding hydrogens is 389 g/mol. The molecule has 0 saturated carbocycles. The largest absolute Gasteiger partial charge is 0.378 e. The quantitative estimate of drug-likeness (QED) is 0.487. The minimum atomic E-state index is -0.280. The van der Waals surface area contributed by atoms with Crippen molar-refractivity contribution in [1.82, 2.24) is 30.0 Å². The number of rotatable bonds is 4. The number of anilines is 1. The Kier molecular flexibility index (Phi) is 4.09. The fourth-order valence-electron chi connectivity index (χ4n) is 3.01. The molecule has 1 N–H and O–H groups in total. The lowest BCUT2D eigenvalue weighted by molar-refractivity contribution is 0.628. The van der Waals surface area contributed by atoms with Gasteiger partial charge < -0.3 is 4.90 Å². The molecule has 9 heteroatoms. The highest BCUT2D eigenvalue weighted by molar-refractivity contribution is 7.19. The van der Waals surface area contributed by atoms with E-state index in [0.717, 1.165) is 21.8 Å². The molecule has 5 aromatic rings. The Morgan fingerprint density at radius 2 is 1.69 bits per heavy atom. The molecule has 3 heterocycles. The van der Waals surface area contributed by atoms with Crippen LogP contribution in [0.25, 0.3) is 38.3 Å². The maximum atomic E-state index is 13.1. The van der Waals surface area contributed by atoms with Crippen LogP contribution in [0.4, 0.5) is 10.1 Å². The van der Waals surface area contributed by atoms with E-state index >= 15 is 0 Å². The summed E-state index contributed by atoms with van der Waals surface area (Å²) in [5.74, 6) is 0.297. The number of hydrogen-bond acceptors (Lipinski definition) is 6. The van der Waals surface area contributed by atoms with Crippen LogP contribution in [0.2, 0.25) is 0 Å². The van der Waals surface area contributed by atoms with Gasteiger partial charge in [-0.05, 0) is 54.6 Å². The van der Waals surface area contributed by atoms with Crippen molar-refractivity contribution >= 4 is 22.0 Å². The Balaban J connectivity index is 1.49. The third kappa shape index (κ3) is 3.15. The van der Waals surface area contributed by atoms with Gasteiger partial charge in [-0.3, -0.25) is 5.10 Å². The SMILES string of the molecule is CN(C)c1ccc(-c2nn3c(-c4cc(-c5ccc(F)cc5)n[nH]4)nnc3s2)cc1. The number of aromatic amines is 1. The highest BCUT2D eigenvalue weighted by Gasteiger charge is 2.17. The van der Waals surface area contributed by atoms with Crippen LogP contribution in [0.1, 0.15) is 0 Å². The minimum Gasteiger partial charge on any atom is -0.378 e. The van der Waals surface area contributed by atoms with Crippen LogP contribution < -0.4 is 4.90 Å². The molecule has 0 saturated heterocycles. The number of H-pyrrole nitrogens is 1. The molecule has 0 spiro atoms. The fourth-order valence-corrected chi connectivity index (χ4v) is 3.85. The van der Waals surface area contributed by atoms with E-state index in [0.29, 0.717) is 22.2 Å². The minimum absolute atomic E-state index is 0.280. The second-order valence-corrected chi connectivity index (χ2v) is 7.70. The van der Waals surface area contributed by atoms with E-state index in [1.54, 1.807) is 16.6 Å².